The molecule has 0 radical (unpaired) electrons. The van der Waals surface area contributed by atoms with Gasteiger partial charge in [0, 0.05) is 6.54 Å². The Morgan fingerprint density at radius 1 is 1.21 bits per heavy atom. The molecule has 1 heterocycles. The van der Waals surface area contributed by atoms with Crippen LogP contribution in [0, 0.1) is 12.3 Å². The Morgan fingerprint density at radius 2 is 1.83 bits per heavy atom. The van der Waals surface area contributed by atoms with Gasteiger partial charge in [0.05, 0.1) is 12.1 Å². The molecule has 4 heteroatoms. The molecular formula is C20H29NO3. The molecule has 1 spiro atoms. The van der Waals surface area contributed by atoms with Crippen LogP contribution in [0.15, 0.2) is 24.3 Å². The van der Waals surface area contributed by atoms with E-state index in [4.69, 9.17) is 4.74 Å². The number of aryl methyl sites for hydroxylation is 1. The Kier molecular flexibility index (Phi) is 4.37. The van der Waals surface area contributed by atoms with Crippen LogP contribution in [0.4, 0.5) is 4.79 Å². The van der Waals surface area contributed by atoms with Crippen LogP contribution in [0.1, 0.15) is 63.6 Å². The molecule has 1 saturated heterocycles. The monoisotopic (exact) mass is 331 g/mol. The van der Waals surface area contributed by atoms with Gasteiger partial charge in [0.2, 0.25) is 0 Å². The van der Waals surface area contributed by atoms with E-state index in [1.165, 1.54) is 5.56 Å². The lowest BCUT2D eigenvalue weighted by Gasteiger charge is -2.53. The van der Waals surface area contributed by atoms with E-state index in [1.807, 2.05) is 25.7 Å². The molecule has 1 amide bonds. The highest BCUT2D eigenvalue weighted by atomic mass is 16.6. The number of rotatable bonds is 1. The normalized spacial score (nSPS) is 30.1. The Morgan fingerprint density at radius 3 is 2.38 bits per heavy atom. The van der Waals surface area contributed by atoms with Crippen molar-refractivity contribution in [3.05, 3.63) is 35.4 Å². The minimum Gasteiger partial charge on any atom is -0.444 e. The smallest absolute Gasteiger partial charge is 0.410 e. The predicted molar refractivity (Wildman–Crippen MR) is 93.8 cm³/mol. The molecule has 1 atom stereocenters. The summed E-state index contributed by atoms with van der Waals surface area (Å²) in [4.78, 5) is 14.6. The summed E-state index contributed by atoms with van der Waals surface area (Å²) in [6.45, 7) is 8.47. The molecule has 132 valence electrons. The van der Waals surface area contributed by atoms with Crippen molar-refractivity contribution in [2.75, 3.05) is 6.54 Å². The van der Waals surface area contributed by atoms with Gasteiger partial charge in [-0.1, -0.05) is 29.8 Å². The zero-order valence-electron chi connectivity index (χ0n) is 15.2. The summed E-state index contributed by atoms with van der Waals surface area (Å²) in [6, 6.07) is 8.46. The van der Waals surface area contributed by atoms with Crippen LogP contribution >= 0.6 is 0 Å². The fourth-order valence-electron chi connectivity index (χ4n) is 4.07. The van der Waals surface area contributed by atoms with Gasteiger partial charge >= 0.3 is 6.09 Å². The third-order valence-corrected chi connectivity index (χ3v) is 5.31. The van der Waals surface area contributed by atoms with Crippen LogP contribution in [0.5, 0.6) is 0 Å². The van der Waals surface area contributed by atoms with E-state index in [9.17, 15) is 9.90 Å². The molecule has 4 nitrogen and oxygen atoms in total. The van der Waals surface area contributed by atoms with Crippen molar-refractivity contribution in [2.45, 2.75) is 71.1 Å². The lowest BCUT2D eigenvalue weighted by Crippen LogP contribution is -2.52. The van der Waals surface area contributed by atoms with Gasteiger partial charge in [0.25, 0.3) is 0 Å². The van der Waals surface area contributed by atoms with E-state index < -0.39 is 5.60 Å². The summed E-state index contributed by atoms with van der Waals surface area (Å²) >= 11 is 0. The molecular weight excluding hydrogens is 302 g/mol. The maximum atomic E-state index is 12.7. The lowest BCUT2D eigenvalue weighted by atomic mass is 9.59. The third kappa shape index (κ3) is 3.59. The molecule has 1 saturated carbocycles. The van der Waals surface area contributed by atoms with Gasteiger partial charge in [-0.3, -0.25) is 0 Å². The molecule has 0 bridgehead atoms. The van der Waals surface area contributed by atoms with Crippen LogP contribution in [-0.4, -0.2) is 34.3 Å². The zero-order chi connectivity index (χ0) is 17.5. The summed E-state index contributed by atoms with van der Waals surface area (Å²) in [7, 11) is 0. The summed E-state index contributed by atoms with van der Waals surface area (Å²) in [5.74, 6) is 0. The Bertz CT molecular complexity index is 596. The molecule has 1 aliphatic heterocycles. The summed E-state index contributed by atoms with van der Waals surface area (Å²) in [5.41, 5.74) is 2.07. The second kappa shape index (κ2) is 6.07. The standard InChI is InChI=1S/C20H29NO3/c1-14-5-7-15(8-6-14)17-13-20(11-16(22)12-20)9-10-21(17)18(23)24-19(2,3)4/h5-8,16-17,22H,9-13H2,1-4H3. The second-order valence-corrected chi connectivity index (χ2v) is 8.62. The number of ether oxygens (including phenoxy) is 1. The van der Waals surface area contributed by atoms with Crippen molar-refractivity contribution in [1.82, 2.24) is 4.90 Å². The molecule has 24 heavy (non-hydrogen) atoms. The highest BCUT2D eigenvalue weighted by Gasteiger charge is 2.49. The van der Waals surface area contributed by atoms with Crippen molar-refractivity contribution in [2.24, 2.45) is 5.41 Å². The van der Waals surface area contributed by atoms with Crippen LogP contribution in [0.3, 0.4) is 0 Å². The minimum atomic E-state index is -0.489. The number of aliphatic hydroxyl groups excluding tert-OH is 1. The molecule has 2 fully saturated rings. The third-order valence-electron chi connectivity index (χ3n) is 5.31. The number of carbonyl (C=O) groups is 1. The van der Waals surface area contributed by atoms with Crippen molar-refractivity contribution >= 4 is 6.09 Å². The first kappa shape index (κ1) is 17.3. The van der Waals surface area contributed by atoms with Gasteiger partial charge in [0.1, 0.15) is 5.60 Å². The highest BCUT2D eigenvalue weighted by molar-refractivity contribution is 5.69. The summed E-state index contributed by atoms with van der Waals surface area (Å²) in [5, 5.41) is 9.78. The van der Waals surface area contributed by atoms with Crippen LogP contribution in [-0.2, 0) is 4.74 Å². The number of hydrogen-bond donors (Lipinski definition) is 1. The van der Waals surface area contributed by atoms with Crippen LogP contribution in [0.2, 0.25) is 0 Å². The van der Waals surface area contributed by atoms with Crippen molar-refractivity contribution in [1.29, 1.82) is 0 Å². The van der Waals surface area contributed by atoms with Crippen LogP contribution < -0.4 is 0 Å². The largest absolute Gasteiger partial charge is 0.444 e. The van der Waals surface area contributed by atoms with Crippen molar-refractivity contribution in [3.8, 4) is 0 Å². The lowest BCUT2D eigenvalue weighted by molar-refractivity contribution is -0.0864. The summed E-state index contributed by atoms with van der Waals surface area (Å²) in [6.07, 6.45) is 3.17. The molecule has 3 rings (SSSR count). The van der Waals surface area contributed by atoms with E-state index in [-0.39, 0.29) is 23.7 Å². The first-order chi connectivity index (χ1) is 11.2. The molecule has 1 aliphatic carbocycles. The molecule has 1 aromatic carbocycles. The van der Waals surface area contributed by atoms with E-state index in [1.54, 1.807) is 0 Å². The van der Waals surface area contributed by atoms with Crippen LogP contribution in [0.25, 0.3) is 0 Å². The number of nitrogens with zero attached hydrogens (tertiary/aromatic N) is 1. The number of piperidine rings is 1. The molecule has 1 aromatic rings. The van der Waals surface area contributed by atoms with Crippen molar-refractivity contribution in [3.63, 3.8) is 0 Å². The second-order valence-electron chi connectivity index (χ2n) is 8.62. The van der Waals surface area contributed by atoms with Gasteiger partial charge in [-0.05, 0) is 64.4 Å². The fourth-order valence-corrected chi connectivity index (χ4v) is 4.07. The molecule has 1 unspecified atom stereocenters. The first-order valence-corrected chi connectivity index (χ1v) is 8.92. The Balaban J connectivity index is 1.84. The number of carbonyl (C=O) groups excluding carboxylic acids is 1. The Hall–Kier alpha value is -1.55. The van der Waals surface area contributed by atoms with E-state index >= 15 is 0 Å². The zero-order valence-corrected chi connectivity index (χ0v) is 15.2. The predicted octanol–water partition coefficient (Wildman–Crippen LogP) is 4.21. The number of amides is 1. The van der Waals surface area contributed by atoms with E-state index in [2.05, 4.69) is 31.2 Å². The quantitative estimate of drug-likeness (QED) is 0.838. The average Bonchev–Trinajstić information content (AvgIpc) is 2.44. The van der Waals surface area contributed by atoms with Gasteiger partial charge < -0.3 is 14.7 Å². The first-order valence-electron chi connectivity index (χ1n) is 8.92. The van der Waals surface area contributed by atoms with Gasteiger partial charge in [-0.2, -0.15) is 0 Å². The van der Waals surface area contributed by atoms with Gasteiger partial charge in [0.15, 0.2) is 0 Å². The molecule has 2 aliphatic rings. The number of benzene rings is 1. The minimum absolute atomic E-state index is 0.0294. The maximum Gasteiger partial charge on any atom is 0.410 e. The summed E-state index contributed by atoms with van der Waals surface area (Å²) < 4.78 is 5.63. The molecule has 1 N–H and O–H groups in total. The number of hydrogen-bond acceptors (Lipinski definition) is 3. The van der Waals surface area contributed by atoms with Gasteiger partial charge in [-0.15, -0.1) is 0 Å². The van der Waals surface area contributed by atoms with Gasteiger partial charge in [-0.25, -0.2) is 4.79 Å². The number of aliphatic hydroxyl groups is 1. The topological polar surface area (TPSA) is 49.8 Å². The average molecular weight is 331 g/mol. The van der Waals surface area contributed by atoms with Crippen molar-refractivity contribution < 1.29 is 14.6 Å². The van der Waals surface area contributed by atoms with E-state index in [0.29, 0.717) is 6.54 Å². The molecule has 0 aromatic heterocycles. The fraction of sp³-hybridized carbons (Fsp3) is 0.650. The number of likely N-dealkylation sites (tertiary alicyclic amines) is 1. The maximum absolute atomic E-state index is 12.7. The highest BCUT2D eigenvalue weighted by Crippen LogP contribution is 2.54. The SMILES string of the molecule is Cc1ccc(C2CC3(CCN2C(=O)OC(C)(C)C)CC(O)C3)cc1. The Labute approximate surface area is 144 Å². The van der Waals surface area contributed by atoms with E-state index in [0.717, 1.165) is 31.2 Å².